The van der Waals surface area contributed by atoms with Crippen LogP contribution < -0.4 is 0 Å². The van der Waals surface area contributed by atoms with E-state index in [1.54, 1.807) is 18.2 Å². The molecule has 1 rings (SSSR count). The molecule has 1 aliphatic rings. The van der Waals surface area contributed by atoms with Gasteiger partial charge in [-0.3, -0.25) is 0 Å². The summed E-state index contributed by atoms with van der Waals surface area (Å²) in [6.45, 7) is 13.0. The number of aliphatic imine (C=N–C) groups is 1. The van der Waals surface area contributed by atoms with Crippen LogP contribution in [0.25, 0.3) is 0 Å². The summed E-state index contributed by atoms with van der Waals surface area (Å²) in [6, 6.07) is 0. The number of hydrogen-bond acceptors (Lipinski definition) is 3. The summed E-state index contributed by atoms with van der Waals surface area (Å²) >= 11 is 0. The number of ether oxygens (including phenoxy) is 1. The Balaban J connectivity index is 2.97. The van der Waals surface area contributed by atoms with Crippen LogP contribution in [-0.4, -0.2) is 17.4 Å². The Morgan fingerprint density at radius 2 is 1.88 bits per heavy atom. The first-order valence-electron chi connectivity index (χ1n) is 5.74. The first kappa shape index (κ1) is 13.4. The van der Waals surface area contributed by atoms with Gasteiger partial charge in [0.25, 0.3) is 0 Å². The minimum absolute atomic E-state index is 0.0768. The fourth-order valence-electron chi connectivity index (χ4n) is 1.85. The molecule has 0 saturated heterocycles. The van der Waals surface area contributed by atoms with E-state index < -0.39 is 5.54 Å². The van der Waals surface area contributed by atoms with E-state index in [2.05, 4.69) is 24.7 Å². The van der Waals surface area contributed by atoms with Gasteiger partial charge in [-0.15, -0.1) is 19.7 Å². The molecule has 1 heterocycles. The molecule has 0 spiro atoms. The number of esters is 1. The third-order valence-electron chi connectivity index (χ3n) is 2.81. The number of allylic oxidation sites excluding steroid dienone is 1. The summed E-state index contributed by atoms with van der Waals surface area (Å²) < 4.78 is 5.26. The van der Waals surface area contributed by atoms with Crippen LogP contribution in [0.1, 0.15) is 26.2 Å². The Labute approximate surface area is 103 Å². The molecule has 0 aromatic rings. The van der Waals surface area contributed by atoms with Crippen LogP contribution >= 0.6 is 0 Å². The van der Waals surface area contributed by atoms with Gasteiger partial charge in [-0.25, -0.2) is 9.79 Å². The average molecular weight is 233 g/mol. The van der Waals surface area contributed by atoms with Crippen LogP contribution in [0.15, 0.2) is 43.0 Å². The van der Waals surface area contributed by atoms with Crippen LogP contribution in [0.3, 0.4) is 0 Å². The molecule has 17 heavy (non-hydrogen) atoms. The maximum atomic E-state index is 11.9. The zero-order valence-corrected chi connectivity index (χ0v) is 10.3. The number of nitrogens with zero attached hydrogens (tertiary/aromatic N) is 1. The SMILES string of the molecule is C=CCC(C)C1=NC(CC=C)(CC=C)C(=O)O1. The summed E-state index contributed by atoms with van der Waals surface area (Å²) in [7, 11) is 0. The fraction of sp³-hybridized carbons (Fsp3) is 0.429. The molecule has 0 N–H and O–H groups in total. The molecule has 0 aromatic heterocycles. The molecule has 0 saturated carbocycles. The van der Waals surface area contributed by atoms with Crippen molar-refractivity contribution in [3.63, 3.8) is 0 Å². The van der Waals surface area contributed by atoms with Crippen LogP contribution in [-0.2, 0) is 9.53 Å². The standard InChI is InChI=1S/C14H19NO2/c1-5-8-11(4)12-15-14(9-6-2,10-7-3)13(16)17-12/h5-7,11H,1-3,8-10H2,4H3. The summed E-state index contributed by atoms with van der Waals surface area (Å²) in [5.41, 5.74) is -0.839. The van der Waals surface area contributed by atoms with Gasteiger partial charge < -0.3 is 4.74 Å². The second-order valence-corrected chi connectivity index (χ2v) is 4.28. The highest BCUT2D eigenvalue weighted by atomic mass is 16.6. The van der Waals surface area contributed by atoms with Crippen LogP contribution in [0.4, 0.5) is 0 Å². The molecule has 1 atom stereocenters. The molecule has 1 unspecified atom stereocenters. The summed E-state index contributed by atoms with van der Waals surface area (Å²) in [5.74, 6) is 0.273. The minimum atomic E-state index is -0.839. The van der Waals surface area contributed by atoms with Gasteiger partial charge >= 0.3 is 5.97 Å². The first-order chi connectivity index (χ1) is 8.09. The lowest BCUT2D eigenvalue weighted by Gasteiger charge is -2.17. The van der Waals surface area contributed by atoms with Gasteiger partial charge in [-0.1, -0.05) is 25.2 Å². The average Bonchev–Trinajstić information content (AvgIpc) is 2.58. The van der Waals surface area contributed by atoms with E-state index in [0.29, 0.717) is 18.7 Å². The Bertz CT molecular complexity index is 358. The van der Waals surface area contributed by atoms with E-state index >= 15 is 0 Å². The largest absolute Gasteiger partial charge is 0.410 e. The Kier molecular flexibility index (Phi) is 4.44. The van der Waals surface area contributed by atoms with Gasteiger partial charge in [0.1, 0.15) is 0 Å². The van der Waals surface area contributed by atoms with Gasteiger partial charge in [0.05, 0.1) is 0 Å². The zero-order valence-electron chi connectivity index (χ0n) is 10.3. The molecular weight excluding hydrogens is 214 g/mol. The minimum Gasteiger partial charge on any atom is -0.410 e. The fourth-order valence-corrected chi connectivity index (χ4v) is 1.85. The van der Waals surface area contributed by atoms with Crippen molar-refractivity contribution in [2.75, 3.05) is 0 Å². The molecule has 0 fully saturated rings. The molecule has 3 nitrogen and oxygen atoms in total. The smallest absolute Gasteiger partial charge is 0.341 e. The van der Waals surface area contributed by atoms with Crippen LogP contribution in [0.5, 0.6) is 0 Å². The first-order valence-corrected chi connectivity index (χ1v) is 5.74. The molecule has 0 bridgehead atoms. The van der Waals surface area contributed by atoms with Gasteiger partial charge in [-0.05, 0) is 6.42 Å². The number of hydrogen-bond donors (Lipinski definition) is 0. The highest BCUT2D eigenvalue weighted by Gasteiger charge is 2.44. The van der Waals surface area contributed by atoms with Crippen molar-refractivity contribution < 1.29 is 9.53 Å². The van der Waals surface area contributed by atoms with E-state index in [9.17, 15) is 4.79 Å². The van der Waals surface area contributed by atoms with Crippen molar-refractivity contribution in [3.8, 4) is 0 Å². The summed E-state index contributed by atoms with van der Waals surface area (Å²) in [4.78, 5) is 16.4. The molecule has 0 aliphatic carbocycles. The van der Waals surface area contributed by atoms with E-state index in [4.69, 9.17) is 4.74 Å². The monoisotopic (exact) mass is 233 g/mol. The predicted octanol–water partition coefficient (Wildman–Crippen LogP) is 3.04. The third-order valence-corrected chi connectivity index (χ3v) is 2.81. The predicted molar refractivity (Wildman–Crippen MR) is 69.9 cm³/mol. The van der Waals surface area contributed by atoms with Crippen molar-refractivity contribution in [2.45, 2.75) is 31.7 Å². The normalized spacial score (nSPS) is 19.1. The number of carbonyl (C=O) groups is 1. The molecule has 92 valence electrons. The van der Waals surface area contributed by atoms with Gasteiger partial charge in [0, 0.05) is 18.8 Å². The van der Waals surface area contributed by atoms with E-state index in [1.165, 1.54) is 0 Å². The Morgan fingerprint density at radius 1 is 1.29 bits per heavy atom. The van der Waals surface area contributed by atoms with E-state index in [-0.39, 0.29) is 11.9 Å². The van der Waals surface area contributed by atoms with Crippen LogP contribution in [0, 0.1) is 5.92 Å². The van der Waals surface area contributed by atoms with E-state index in [1.807, 2.05) is 6.92 Å². The van der Waals surface area contributed by atoms with Crippen LogP contribution in [0.2, 0.25) is 0 Å². The Morgan fingerprint density at radius 3 is 2.35 bits per heavy atom. The maximum Gasteiger partial charge on any atom is 0.341 e. The van der Waals surface area contributed by atoms with Gasteiger partial charge in [-0.2, -0.15) is 0 Å². The number of carbonyl (C=O) groups excluding carboxylic acids is 1. The highest BCUT2D eigenvalue weighted by Crippen LogP contribution is 2.31. The van der Waals surface area contributed by atoms with Gasteiger partial charge in [0.2, 0.25) is 0 Å². The zero-order chi connectivity index (χ0) is 12.9. The third kappa shape index (κ3) is 2.73. The number of rotatable bonds is 7. The summed E-state index contributed by atoms with van der Waals surface area (Å²) in [6.07, 6.45) is 6.86. The van der Waals surface area contributed by atoms with Crippen molar-refractivity contribution in [3.05, 3.63) is 38.0 Å². The second kappa shape index (κ2) is 5.62. The van der Waals surface area contributed by atoms with Crippen molar-refractivity contribution in [1.82, 2.24) is 0 Å². The molecule has 3 heteroatoms. The second-order valence-electron chi connectivity index (χ2n) is 4.28. The highest BCUT2D eigenvalue weighted by molar-refractivity contribution is 6.01. The molecular formula is C14H19NO2. The van der Waals surface area contributed by atoms with Crippen molar-refractivity contribution >= 4 is 11.9 Å². The Hall–Kier alpha value is -1.64. The van der Waals surface area contributed by atoms with Gasteiger partial charge in [0.15, 0.2) is 11.4 Å². The lowest BCUT2D eigenvalue weighted by atomic mass is 9.92. The lowest BCUT2D eigenvalue weighted by Crippen LogP contribution is -2.32. The van der Waals surface area contributed by atoms with E-state index in [0.717, 1.165) is 6.42 Å². The maximum absolute atomic E-state index is 11.9. The van der Waals surface area contributed by atoms with Crippen molar-refractivity contribution in [2.24, 2.45) is 10.9 Å². The van der Waals surface area contributed by atoms with Crippen molar-refractivity contribution in [1.29, 1.82) is 0 Å². The quantitative estimate of drug-likeness (QED) is 0.500. The molecule has 0 radical (unpaired) electrons. The lowest BCUT2D eigenvalue weighted by molar-refractivity contribution is -0.139. The molecule has 0 amide bonds. The number of cyclic esters (lactones) is 1. The molecule has 1 aliphatic heterocycles. The molecule has 0 aromatic carbocycles. The topological polar surface area (TPSA) is 38.7 Å². The summed E-state index contributed by atoms with van der Waals surface area (Å²) in [5, 5.41) is 0.